The van der Waals surface area contributed by atoms with E-state index >= 15 is 0 Å². The highest BCUT2D eigenvalue weighted by Gasteiger charge is 2.41. The van der Waals surface area contributed by atoms with Gasteiger partial charge in [0.1, 0.15) is 6.07 Å². The first kappa shape index (κ1) is 11.3. The number of nitrogens with zero attached hydrogens (tertiary/aromatic N) is 1. The third kappa shape index (κ3) is 2.17. The predicted octanol–water partition coefficient (Wildman–Crippen LogP) is 3.17. The summed E-state index contributed by atoms with van der Waals surface area (Å²) in [6.07, 6.45) is 4.74. The van der Waals surface area contributed by atoms with E-state index in [9.17, 15) is 0 Å². The predicted molar refractivity (Wildman–Crippen MR) is 69.9 cm³/mol. The van der Waals surface area contributed by atoms with Gasteiger partial charge in [0, 0.05) is 11.3 Å². The molecule has 1 saturated carbocycles. The van der Waals surface area contributed by atoms with Crippen LogP contribution in [0.4, 0.5) is 5.69 Å². The van der Waals surface area contributed by atoms with Crippen LogP contribution in [0.1, 0.15) is 24.0 Å². The molecule has 1 aliphatic rings. The van der Waals surface area contributed by atoms with Gasteiger partial charge in [-0.05, 0) is 37.7 Å². The van der Waals surface area contributed by atoms with Crippen LogP contribution in [0, 0.1) is 18.3 Å². The molecule has 0 atom stereocenters. The Morgan fingerprint density at radius 1 is 1.50 bits per heavy atom. The SMILES string of the molecule is CSC1(CNc2c(C)cccc2C#N)CC1. The van der Waals surface area contributed by atoms with Gasteiger partial charge < -0.3 is 5.32 Å². The topological polar surface area (TPSA) is 35.8 Å². The van der Waals surface area contributed by atoms with Gasteiger partial charge in [-0.2, -0.15) is 17.0 Å². The van der Waals surface area contributed by atoms with Gasteiger partial charge in [0.2, 0.25) is 0 Å². The lowest BCUT2D eigenvalue weighted by Gasteiger charge is -2.16. The largest absolute Gasteiger partial charge is 0.382 e. The highest BCUT2D eigenvalue weighted by atomic mass is 32.2. The van der Waals surface area contributed by atoms with Crippen molar-refractivity contribution >= 4 is 17.4 Å². The van der Waals surface area contributed by atoms with Crippen molar-refractivity contribution in [3.63, 3.8) is 0 Å². The molecule has 1 aliphatic carbocycles. The zero-order valence-electron chi connectivity index (χ0n) is 9.71. The van der Waals surface area contributed by atoms with Crippen LogP contribution in [0.5, 0.6) is 0 Å². The number of rotatable bonds is 4. The Balaban J connectivity index is 2.12. The molecule has 0 aromatic heterocycles. The maximum atomic E-state index is 9.05. The Morgan fingerprint density at radius 2 is 2.25 bits per heavy atom. The molecule has 0 radical (unpaired) electrons. The van der Waals surface area contributed by atoms with Crippen LogP contribution in [-0.4, -0.2) is 17.5 Å². The number of hydrogen-bond donors (Lipinski definition) is 1. The number of hydrogen-bond acceptors (Lipinski definition) is 3. The minimum absolute atomic E-state index is 0.426. The molecule has 0 unspecified atom stereocenters. The molecule has 0 bridgehead atoms. The van der Waals surface area contributed by atoms with Crippen molar-refractivity contribution in [3.8, 4) is 6.07 Å². The van der Waals surface area contributed by atoms with Gasteiger partial charge in [0.15, 0.2) is 0 Å². The van der Waals surface area contributed by atoms with Crippen molar-refractivity contribution in [2.45, 2.75) is 24.5 Å². The van der Waals surface area contributed by atoms with Gasteiger partial charge in [-0.25, -0.2) is 0 Å². The van der Waals surface area contributed by atoms with Crippen molar-refractivity contribution in [3.05, 3.63) is 29.3 Å². The molecular weight excluding hydrogens is 216 g/mol. The highest BCUT2D eigenvalue weighted by Crippen LogP contribution is 2.47. The van der Waals surface area contributed by atoms with E-state index in [0.29, 0.717) is 4.75 Å². The molecule has 84 valence electrons. The Morgan fingerprint density at radius 3 is 2.81 bits per heavy atom. The van der Waals surface area contributed by atoms with Crippen molar-refractivity contribution < 1.29 is 0 Å². The van der Waals surface area contributed by atoms with Crippen LogP contribution >= 0.6 is 11.8 Å². The zero-order chi connectivity index (χ0) is 11.6. The van der Waals surface area contributed by atoms with Crippen molar-refractivity contribution in [2.24, 2.45) is 0 Å². The number of para-hydroxylation sites is 1. The first-order valence-corrected chi connectivity index (χ1v) is 6.72. The summed E-state index contributed by atoms with van der Waals surface area (Å²) in [4.78, 5) is 0. The summed E-state index contributed by atoms with van der Waals surface area (Å²) in [6, 6.07) is 8.09. The van der Waals surface area contributed by atoms with Crippen LogP contribution in [0.3, 0.4) is 0 Å². The van der Waals surface area contributed by atoms with Gasteiger partial charge in [-0.1, -0.05) is 12.1 Å². The number of anilines is 1. The van der Waals surface area contributed by atoms with Crippen LogP contribution in [0.15, 0.2) is 18.2 Å². The van der Waals surface area contributed by atoms with Crippen LogP contribution < -0.4 is 5.32 Å². The monoisotopic (exact) mass is 232 g/mol. The number of aryl methyl sites for hydroxylation is 1. The first-order chi connectivity index (χ1) is 7.71. The molecular formula is C13H16N2S. The fourth-order valence-corrected chi connectivity index (χ4v) is 2.56. The fraction of sp³-hybridized carbons (Fsp3) is 0.462. The summed E-state index contributed by atoms with van der Waals surface area (Å²) in [5.41, 5.74) is 2.90. The minimum atomic E-state index is 0.426. The molecule has 0 heterocycles. The van der Waals surface area contributed by atoms with E-state index in [1.807, 2.05) is 36.9 Å². The van der Waals surface area contributed by atoms with Gasteiger partial charge in [0.25, 0.3) is 0 Å². The summed E-state index contributed by atoms with van der Waals surface area (Å²) >= 11 is 1.93. The smallest absolute Gasteiger partial charge is 0.101 e. The molecule has 0 aliphatic heterocycles. The lowest BCUT2D eigenvalue weighted by atomic mass is 10.1. The number of benzene rings is 1. The van der Waals surface area contributed by atoms with Gasteiger partial charge >= 0.3 is 0 Å². The molecule has 1 fully saturated rings. The molecule has 16 heavy (non-hydrogen) atoms. The summed E-state index contributed by atoms with van der Waals surface area (Å²) in [5.74, 6) is 0. The van der Waals surface area contributed by atoms with Crippen LogP contribution in [-0.2, 0) is 0 Å². The van der Waals surface area contributed by atoms with E-state index in [1.54, 1.807) is 0 Å². The standard InChI is InChI=1S/C13H16N2S/c1-10-4-3-5-11(8-14)12(10)15-9-13(16-2)6-7-13/h3-5,15H,6-7,9H2,1-2H3. The summed E-state index contributed by atoms with van der Waals surface area (Å²) in [7, 11) is 0. The van der Waals surface area contributed by atoms with Gasteiger partial charge in [0.05, 0.1) is 11.3 Å². The minimum Gasteiger partial charge on any atom is -0.382 e. The summed E-state index contributed by atoms with van der Waals surface area (Å²) in [5, 5.41) is 12.5. The van der Waals surface area contributed by atoms with Crippen molar-refractivity contribution in [2.75, 3.05) is 18.1 Å². The number of nitriles is 1. The van der Waals surface area contributed by atoms with Crippen LogP contribution in [0.2, 0.25) is 0 Å². The quantitative estimate of drug-likeness (QED) is 0.866. The third-order valence-electron chi connectivity index (χ3n) is 3.22. The molecule has 1 aromatic rings. The maximum absolute atomic E-state index is 9.05. The van der Waals surface area contributed by atoms with Gasteiger partial charge in [-0.15, -0.1) is 0 Å². The normalized spacial score (nSPS) is 16.6. The lowest BCUT2D eigenvalue weighted by molar-refractivity contribution is 0.946. The van der Waals surface area contributed by atoms with E-state index in [1.165, 1.54) is 12.8 Å². The van der Waals surface area contributed by atoms with E-state index in [2.05, 4.69) is 17.6 Å². The fourth-order valence-electron chi connectivity index (χ4n) is 1.84. The molecule has 1 aromatic carbocycles. The molecule has 0 amide bonds. The zero-order valence-corrected chi connectivity index (χ0v) is 10.5. The summed E-state index contributed by atoms with van der Waals surface area (Å²) < 4.78 is 0.426. The molecule has 1 N–H and O–H groups in total. The van der Waals surface area contributed by atoms with Gasteiger partial charge in [-0.3, -0.25) is 0 Å². The lowest BCUT2D eigenvalue weighted by Crippen LogP contribution is -2.18. The van der Waals surface area contributed by atoms with E-state index in [-0.39, 0.29) is 0 Å². The highest BCUT2D eigenvalue weighted by molar-refractivity contribution is 8.00. The maximum Gasteiger partial charge on any atom is 0.101 e. The number of nitrogens with one attached hydrogen (secondary N) is 1. The molecule has 3 heteroatoms. The molecule has 2 nitrogen and oxygen atoms in total. The Labute approximate surface area is 101 Å². The average Bonchev–Trinajstić information content (AvgIpc) is 3.08. The van der Waals surface area contributed by atoms with E-state index < -0.39 is 0 Å². The van der Waals surface area contributed by atoms with E-state index in [0.717, 1.165) is 23.4 Å². The molecule has 0 saturated heterocycles. The third-order valence-corrected chi connectivity index (χ3v) is 4.64. The second-order valence-corrected chi connectivity index (χ2v) is 5.62. The molecule has 2 rings (SSSR count). The van der Waals surface area contributed by atoms with Crippen molar-refractivity contribution in [1.29, 1.82) is 5.26 Å². The van der Waals surface area contributed by atoms with E-state index in [4.69, 9.17) is 5.26 Å². The van der Waals surface area contributed by atoms with Crippen molar-refractivity contribution in [1.82, 2.24) is 0 Å². The Hall–Kier alpha value is -1.14. The Bertz CT molecular complexity index is 430. The second kappa shape index (κ2) is 4.39. The molecule has 0 spiro atoms. The summed E-state index contributed by atoms with van der Waals surface area (Å²) in [6.45, 7) is 3.01. The van der Waals surface area contributed by atoms with Crippen LogP contribution in [0.25, 0.3) is 0 Å². The first-order valence-electron chi connectivity index (χ1n) is 5.49. The number of thioether (sulfide) groups is 1. The average molecular weight is 232 g/mol. The second-order valence-electron chi connectivity index (χ2n) is 4.35. The Kier molecular flexibility index (Phi) is 3.11.